The van der Waals surface area contributed by atoms with Crippen molar-refractivity contribution in [2.75, 3.05) is 18.8 Å². The maximum absolute atomic E-state index is 5.10. The van der Waals surface area contributed by atoms with Gasteiger partial charge in [-0.25, -0.2) is 4.98 Å². The van der Waals surface area contributed by atoms with E-state index in [-0.39, 0.29) is 0 Å². The third-order valence-electron chi connectivity index (χ3n) is 1.63. The molecule has 0 aliphatic heterocycles. The molecule has 0 aliphatic rings. The molecule has 1 heterocycles. The van der Waals surface area contributed by atoms with Crippen LogP contribution in [0, 0.1) is 0 Å². The summed E-state index contributed by atoms with van der Waals surface area (Å²) in [7, 11) is 0. The summed E-state index contributed by atoms with van der Waals surface area (Å²) in [5.41, 5.74) is 0. The van der Waals surface area contributed by atoms with Crippen LogP contribution >= 0.6 is 11.8 Å². The van der Waals surface area contributed by atoms with Gasteiger partial charge in [-0.2, -0.15) is 0 Å². The molecular weight excluding hydrogens is 184 g/mol. The second-order valence-electron chi connectivity index (χ2n) is 2.71. The topological polar surface area (TPSA) is 38.1 Å². The number of hydrogen-bond acceptors (Lipinski definition) is 4. The highest BCUT2D eigenvalue weighted by atomic mass is 32.2. The molecule has 0 aromatic carbocycles. The first-order valence-corrected chi connectivity index (χ1v) is 5.65. The van der Waals surface area contributed by atoms with Crippen LogP contribution in [0.5, 0.6) is 0 Å². The van der Waals surface area contributed by atoms with Gasteiger partial charge in [-0.3, -0.25) is 0 Å². The van der Waals surface area contributed by atoms with Crippen LogP contribution in [0.4, 0.5) is 0 Å². The van der Waals surface area contributed by atoms with Gasteiger partial charge in [-0.05, 0) is 25.9 Å². The fourth-order valence-electron chi connectivity index (χ4n) is 0.970. The van der Waals surface area contributed by atoms with Gasteiger partial charge in [0.25, 0.3) is 5.22 Å². The number of nitrogens with zero attached hydrogens (tertiary/aromatic N) is 1. The molecule has 0 amide bonds. The van der Waals surface area contributed by atoms with E-state index in [2.05, 4.69) is 17.2 Å². The van der Waals surface area contributed by atoms with E-state index in [4.69, 9.17) is 4.42 Å². The molecule has 1 N–H and O–H groups in total. The first-order chi connectivity index (χ1) is 6.43. The Morgan fingerprint density at radius 3 is 3.15 bits per heavy atom. The fourth-order valence-corrected chi connectivity index (χ4v) is 1.75. The fraction of sp³-hybridized carbons (Fsp3) is 0.667. The molecule has 0 saturated carbocycles. The minimum Gasteiger partial charge on any atom is -0.440 e. The van der Waals surface area contributed by atoms with Crippen LogP contribution in [-0.2, 0) is 0 Å². The standard InChI is InChI=1S/C9H16N2OS/c1-2-10-5-3-4-8-13-9-11-6-7-12-9/h6-7,10H,2-5,8H2,1H3. The smallest absolute Gasteiger partial charge is 0.255 e. The number of thioether (sulfide) groups is 1. The van der Waals surface area contributed by atoms with E-state index < -0.39 is 0 Å². The van der Waals surface area contributed by atoms with Crippen LogP contribution in [-0.4, -0.2) is 23.8 Å². The molecule has 0 unspecified atom stereocenters. The molecule has 0 bridgehead atoms. The summed E-state index contributed by atoms with van der Waals surface area (Å²) >= 11 is 1.68. The minimum atomic E-state index is 0.781. The normalized spacial score (nSPS) is 10.5. The van der Waals surface area contributed by atoms with Crippen LogP contribution in [0.3, 0.4) is 0 Å². The van der Waals surface area contributed by atoms with Crippen molar-refractivity contribution in [3.8, 4) is 0 Å². The third-order valence-corrected chi connectivity index (χ3v) is 2.57. The Labute approximate surface area is 83.3 Å². The Morgan fingerprint density at radius 1 is 1.54 bits per heavy atom. The lowest BCUT2D eigenvalue weighted by Crippen LogP contribution is -2.13. The summed E-state index contributed by atoms with van der Waals surface area (Å²) in [6.45, 7) is 4.30. The number of unbranched alkanes of at least 4 members (excludes halogenated alkanes) is 1. The number of rotatable bonds is 7. The second kappa shape index (κ2) is 6.97. The molecule has 0 atom stereocenters. The summed E-state index contributed by atoms with van der Waals surface area (Å²) < 4.78 is 5.10. The molecule has 0 spiro atoms. The van der Waals surface area contributed by atoms with Gasteiger partial charge in [0.15, 0.2) is 0 Å². The van der Waals surface area contributed by atoms with Crippen molar-refractivity contribution < 1.29 is 4.42 Å². The number of nitrogens with one attached hydrogen (secondary N) is 1. The van der Waals surface area contributed by atoms with Gasteiger partial charge in [0.1, 0.15) is 6.26 Å². The molecule has 1 aromatic heterocycles. The predicted molar refractivity (Wildman–Crippen MR) is 55.0 cm³/mol. The highest BCUT2D eigenvalue weighted by Gasteiger charge is 1.96. The maximum atomic E-state index is 5.10. The summed E-state index contributed by atoms with van der Waals surface area (Å²) in [4.78, 5) is 4.03. The summed E-state index contributed by atoms with van der Waals surface area (Å²) in [6.07, 6.45) is 5.73. The molecule has 13 heavy (non-hydrogen) atoms. The van der Waals surface area contributed by atoms with Gasteiger partial charge >= 0.3 is 0 Å². The zero-order valence-electron chi connectivity index (χ0n) is 7.95. The lowest BCUT2D eigenvalue weighted by atomic mass is 10.3. The van der Waals surface area contributed by atoms with Crippen molar-refractivity contribution in [3.05, 3.63) is 12.5 Å². The van der Waals surface area contributed by atoms with Crippen molar-refractivity contribution in [3.63, 3.8) is 0 Å². The van der Waals surface area contributed by atoms with E-state index >= 15 is 0 Å². The maximum Gasteiger partial charge on any atom is 0.255 e. The molecule has 4 heteroatoms. The SMILES string of the molecule is CCNCCCCSc1ncco1. The average Bonchev–Trinajstić information content (AvgIpc) is 2.63. The van der Waals surface area contributed by atoms with Crippen molar-refractivity contribution in [1.29, 1.82) is 0 Å². The van der Waals surface area contributed by atoms with Crippen LogP contribution in [0.2, 0.25) is 0 Å². The van der Waals surface area contributed by atoms with Gasteiger partial charge < -0.3 is 9.73 Å². The summed E-state index contributed by atoms with van der Waals surface area (Å²) in [6, 6.07) is 0. The van der Waals surface area contributed by atoms with Crippen LogP contribution in [0.25, 0.3) is 0 Å². The van der Waals surface area contributed by atoms with Crippen molar-refractivity contribution in [2.24, 2.45) is 0 Å². The van der Waals surface area contributed by atoms with E-state index in [0.29, 0.717) is 0 Å². The first-order valence-electron chi connectivity index (χ1n) is 4.66. The lowest BCUT2D eigenvalue weighted by Gasteiger charge is -1.99. The van der Waals surface area contributed by atoms with Crippen molar-refractivity contribution >= 4 is 11.8 Å². The minimum absolute atomic E-state index is 0.781. The Morgan fingerprint density at radius 2 is 2.46 bits per heavy atom. The van der Waals surface area contributed by atoms with Crippen LogP contribution in [0.15, 0.2) is 22.1 Å². The van der Waals surface area contributed by atoms with Crippen LogP contribution < -0.4 is 5.32 Å². The van der Waals surface area contributed by atoms with E-state index in [1.54, 1.807) is 24.2 Å². The Kier molecular flexibility index (Phi) is 5.69. The zero-order chi connectivity index (χ0) is 9.36. The molecule has 1 aromatic rings. The largest absolute Gasteiger partial charge is 0.440 e. The molecule has 0 saturated heterocycles. The average molecular weight is 200 g/mol. The molecule has 74 valence electrons. The monoisotopic (exact) mass is 200 g/mol. The van der Waals surface area contributed by atoms with Crippen LogP contribution in [0.1, 0.15) is 19.8 Å². The first kappa shape index (κ1) is 10.6. The lowest BCUT2D eigenvalue weighted by molar-refractivity contribution is 0.454. The van der Waals surface area contributed by atoms with Crippen molar-refractivity contribution in [2.45, 2.75) is 25.0 Å². The van der Waals surface area contributed by atoms with Gasteiger partial charge in [0, 0.05) is 5.75 Å². The third kappa shape index (κ3) is 4.95. The van der Waals surface area contributed by atoms with E-state index in [1.165, 1.54) is 12.8 Å². The van der Waals surface area contributed by atoms with Gasteiger partial charge in [0.2, 0.25) is 0 Å². The van der Waals surface area contributed by atoms with E-state index in [1.807, 2.05) is 0 Å². The second-order valence-corrected chi connectivity index (χ2v) is 3.75. The molecule has 0 aliphatic carbocycles. The highest BCUT2D eigenvalue weighted by molar-refractivity contribution is 7.99. The predicted octanol–water partition coefficient (Wildman–Crippen LogP) is 2.16. The molecule has 0 radical (unpaired) electrons. The van der Waals surface area contributed by atoms with Gasteiger partial charge in [-0.15, -0.1) is 0 Å². The number of aromatic nitrogens is 1. The zero-order valence-corrected chi connectivity index (χ0v) is 8.77. The molecule has 0 fully saturated rings. The molecular formula is C9H16N2OS. The number of hydrogen-bond donors (Lipinski definition) is 1. The molecule has 3 nitrogen and oxygen atoms in total. The summed E-state index contributed by atoms with van der Waals surface area (Å²) in [5.74, 6) is 1.09. The Balaban J connectivity index is 1.90. The van der Waals surface area contributed by atoms with Gasteiger partial charge in [-0.1, -0.05) is 18.7 Å². The molecule has 1 rings (SSSR count). The number of oxazole rings is 1. The van der Waals surface area contributed by atoms with E-state index in [0.717, 1.165) is 24.1 Å². The Bertz CT molecular complexity index is 201. The Hall–Kier alpha value is -0.480. The summed E-state index contributed by atoms with van der Waals surface area (Å²) in [5, 5.41) is 4.07. The highest BCUT2D eigenvalue weighted by Crippen LogP contribution is 2.15. The van der Waals surface area contributed by atoms with E-state index in [9.17, 15) is 0 Å². The van der Waals surface area contributed by atoms with Gasteiger partial charge in [0.05, 0.1) is 6.20 Å². The van der Waals surface area contributed by atoms with Crippen molar-refractivity contribution in [1.82, 2.24) is 10.3 Å². The quantitative estimate of drug-likeness (QED) is 0.540.